The molecular formula is C12H5Cl2NO2. The SMILES string of the molecule is O=C1NC(=O)c2c1c(Cl)cc1c(Cl)cccc21. The fourth-order valence-corrected chi connectivity index (χ4v) is 2.56. The summed E-state index contributed by atoms with van der Waals surface area (Å²) in [7, 11) is 0. The van der Waals surface area contributed by atoms with Crippen LogP contribution in [0.4, 0.5) is 0 Å². The molecule has 0 aromatic heterocycles. The second-order valence-corrected chi connectivity index (χ2v) is 4.54. The number of hydrogen-bond acceptors (Lipinski definition) is 2. The Hall–Kier alpha value is -1.58. The molecule has 1 heterocycles. The second kappa shape index (κ2) is 3.45. The number of carbonyl (C=O) groups is 2. The molecular weight excluding hydrogens is 261 g/mol. The topological polar surface area (TPSA) is 46.2 Å². The van der Waals surface area contributed by atoms with Crippen LogP contribution >= 0.6 is 23.2 Å². The maximum absolute atomic E-state index is 11.7. The van der Waals surface area contributed by atoms with E-state index in [0.717, 1.165) is 0 Å². The van der Waals surface area contributed by atoms with Crippen LogP contribution in [-0.2, 0) is 0 Å². The van der Waals surface area contributed by atoms with Gasteiger partial charge in [0.15, 0.2) is 0 Å². The van der Waals surface area contributed by atoms with Crippen molar-refractivity contribution < 1.29 is 9.59 Å². The molecule has 0 radical (unpaired) electrons. The Morgan fingerprint density at radius 1 is 0.882 bits per heavy atom. The number of rotatable bonds is 0. The van der Waals surface area contributed by atoms with E-state index in [2.05, 4.69) is 5.32 Å². The van der Waals surface area contributed by atoms with Crippen molar-refractivity contribution in [3.8, 4) is 0 Å². The van der Waals surface area contributed by atoms with Crippen LogP contribution in [0.2, 0.25) is 10.0 Å². The lowest BCUT2D eigenvalue weighted by Gasteiger charge is -2.05. The highest BCUT2D eigenvalue weighted by molar-refractivity contribution is 6.42. The molecule has 3 nitrogen and oxygen atoms in total. The number of fused-ring (bicyclic) bond motifs is 3. The molecule has 0 fully saturated rings. The number of benzene rings is 2. The van der Waals surface area contributed by atoms with E-state index in [1.165, 1.54) is 0 Å². The van der Waals surface area contributed by atoms with Gasteiger partial charge >= 0.3 is 0 Å². The molecule has 5 heteroatoms. The van der Waals surface area contributed by atoms with Crippen molar-refractivity contribution in [2.75, 3.05) is 0 Å². The Morgan fingerprint density at radius 2 is 1.59 bits per heavy atom. The van der Waals surface area contributed by atoms with E-state index in [1.54, 1.807) is 24.3 Å². The number of hydrogen-bond donors (Lipinski definition) is 1. The number of nitrogens with one attached hydrogen (secondary N) is 1. The Labute approximate surface area is 106 Å². The van der Waals surface area contributed by atoms with E-state index in [9.17, 15) is 9.59 Å². The molecule has 1 aliphatic rings. The van der Waals surface area contributed by atoms with Gasteiger partial charge in [-0.3, -0.25) is 14.9 Å². The van der Waals surface area contributed by atoms with Crippen molar-refractivity contribution in [3.05, 3.63) is 45.4 Å². The standard InChI is InChI=1S/C12H5Cl2NO2/c13-7-3-1-2-5-6(7)4-8(14)10-9(5)11(16)15-12(10)17/h1-4H,(H,15,16,17). The molecule has 84 valence electrons. The van der Waals surface area contributed by atoms with Crippen LogP contribution in [0.3, 0.4) is 0 Å². The van der Waals surface area contributed by atoms with E-state index < -0.39 is 11.8 Å². The first kappa shape index (κ1) is 10.6. The molecule has 0 atom stereocenters. The molecule has 3 rings (SSSR count). The van der Waals surface area contributed by atoms with Gasteiger partial charge < -0.3 is 0 Å². The lowest BCUT2D eigenvalue weighted by atomic mass is 10.0. The number of carbonyl (C=O) groups excluding carboxylic acids is 2. The van der Waals surface area contributed by atoms with Gasteiger partial charge in [-0.05, 0) is 17.5 Å². The molecule has 17 heavy (non-hydrogen) atoms. The zero-order valence-corrected chi connectivity index (χ0v) is 9.89. The van der Waals surface area contributed by atoms with Crippen LogP contribution in [0, 0.1) is 0 Å². The lowest BCUT2D eigenvalue weighted by Crippen LogP contribution is -2.20. The maximum Gasteiger partial charge on any atom is 0.260 e. The predicted molar refractivity (Wildman–Crippen MR) is 65.8 cm³/mol. The normalized spacial score (nSPS) is 14.0. The summed E-state index contributed by atoms with van der Waals surface area (Å²) < 4.78 is 0. The van der Waals surface area contributed by atoms with Gasteiger partial charge in [-0.1, -0.05) is 35.3 Å². The van der Waals surface area contributed by atoms with Crippen LogP contribution in [-0.4, -0.2) is 11.8 Å². The Morgan fingerprint density at radius 3 is 2.35 bits per heavy atom. The van der Waals surface area contributed by atoms with Crippen molar-refractivity contribution in [1.82, 2.24) is 5.32 Å². The highest BCUT2D eigenvalue weighted by Gasteiger charge is 2.31. The van der Waals surface area contributed by atoms with Crippen molar-refractivity contribution in [2.24, 2.45) is 0 Å². The van der Waals surface area contributed by atoms with Gasteiger partial charge in [-0.2, -0.15) is 0 Å². The Balaban J connectivity index is 2.56. The summed E-state index contributed by atoms with van der Waals surface area (Å²) in [5.74, 6) is -0.892. The van der Waals surface area contributed by atoms with Crippen LogP contribution in [0.25, 0.3) is 10.8 Å². The highest BCUT2D eigenvalue weighted by atomic mass is 35.5. The average Bonchev–Trinajstić information content (AvgIpc) is 2.57. The molecule has 0 unspecified atom stereocenters. The number of imide groups is 1. The minimum atomic E-state index is -0.461. The molecule has 1 aliphatic heterocycles. The van der Waals surface area contributed by atoms with Gasteiger partial charge in [0.05, 0.1) is 16.1 Å². The quantitative estimate of drug-likeness (QED) is 0.745. The molecule has 2 aromatic carbocycles. The van der Waals surface area contributed by atoms with Gasteiger partial charge in [0.1, 0.15) is 0 Å². The zero-order valence-electron chi connectivity index (χ0n) is 8.38. The summed E-state index contributed by atoms with van der Waals surface area (Å²) in [6.07, 6.45) is 0. The number of amides is 2. The van der Waals surface area contributed by atoms with Gasteiger partial charge in [0.2, 0.25) is 0 Å². The van der Waals surface area contributed by atoms with Crippen molar-refractivity contribution >= 4 is 45.8 Å². The molecule has 0 saturated heterocycles. The van der Waals surface area contributed by atoms with E-state index in [4.69, 9.17) is 23.2 Å². The van der Waals surface area contributed by atoms with Crippen LogP contribution in [0.15, 0.2) is 24.3 Å². The average molecular weight is 266 g/mol. The summed E-state index contributed by atoms with van der Waals surface area (Å²) in [6, 6.07) is 6.79. The van der Waals surface area contributed by atoms with Crippen LogP contribution < -0.4 is 5.32 Å². The van der Waals surface area contributed by atoms with E-state index in [0.29, 0.717) is 21.4 Å². The monoisotopic (exact) mass is 265 g/mol. The minimum absolute atomic E-state index is 0.228. The third-order valence-corrected chi connectivity index (χ3v) is 3.39. The smallest absolute Gasteiger partial charge is 0.260 e. The van der Waals surface area contributed by atoms with Gasteiger partial charge in [-0.25, -0.2) is 0 Å². The summed E-state index contributed by atoms with van der Waals surface area (Å²) in [6.45, 7) is 0. The summed E-state index contributed by atoms with van der Waals surface area (Å²) >= 11 is 12.0. The fraction of sp³-hybridized carbons (Fsp3) is 0. The van der Waals surface area contributed by atoms with Crippen molar-refractivity contribution in [3.63, 3.8) is 0 Å². The van der Waals surface area contributed by atoms with Crippen LogP contribution in [0.1, 0.15) is 20.7 Å². The molecule has 0 spiro atoms. The third-order valence-electron chi connectivity index (χ3n) is 2.76. The van der Waals surface area contributed by atoms with Crippen LogP contribution in [0.5, 0.6) is 0 Å². The summed E-state index contributed by atoms with van der Waals surface area (Å²) in [5.41, 5.74) is 0.534. The Kier molecular flexibility index (Phi) is 2.15. The van der Waals surface area contributed by atoms with Crippen molar-refractivity contribution in [2.45, 2.75) is 0 Å². The molecule has 2 aromatic rings. The van der Waals surface area contributed by atoms with Gasteiger partial charge in [0.25, 0.3) is 11.8 Å². The van der Waals surface area contributed by atoms with Gasteiger partial charge in [-0.15, -0.1) is 0 Å². The van der Waals surface area contributed by atoms with Gasteiger partial charge in [0, 0.05) is 10.4 Å². The minimum Gasteiger partial charge on any atom is -0.288 e. The molecule has 2 amide bonds. The summed E-state index contributed by atoms with van der Waals surface area (Å²) in [4.78, 5) is 23.3. The predicted octanol–water partition coefficient (Wildman–Crippen LogP) is 3.03. The molecule has 1 N–H and O–H groups in total. The summed E-state index contributed by atoms with van der Waals surface area (Å²) in [5, 5.41) is 4.28. The fourth-order valence-electron chi connectivity index (χ4n) is 2.04. The lowest BCUT2D eigenvalue weighted by molar-refractivity contribution is 0.0880. The van der Waals surface area contributed by atoms with E-state index in [-0.39, 0.29) is 10.6 Å². The van der Waals surface area contributed by atoms with Crippen molar-refractivity contribution in [1.29, 1.82) is 0 Å². The molecule has 0 bridgehead atoms. The molecule has 0 aliphatic carbocycles. The maximum atomic E-state index is 11.7. The first-order valence-corrected chi connectivity index (χ1v) is 5.61. The third kappa shape index (κ3) is 1.36. The van der Waals surface area contributed by atoms with E-state index >= 15 is 0 Å². The largest absolute Gasteiger partial charge is 0.288 e. The zero-order chi connectivity index (χ0) is 12.2. The molecule has 0 saturated carbocycles. The first-order valence-electron chi connectivity index (χ1n) is 4.86. The number of halogens is 2. The highest BCUT2D eigenvalue weighted by Crippen LogP contribution is 2.35. The first-order chi connectivity index (χ1) is 8.09. The van der Waals surface area contributed by atoms with E-state index in [1.807, 2.05) is 0 Å². The Bertz CT molecular complexity index is 694. The second-order valence-electron chi connectivity index (χ2n) is 3.73.